The number of rotatable bonds is 4. The second-order valence-corrected chi connectivity index (χ2v) is 7.47. The summed E-state index contributed by atoms with van der Waals surface area (Å²) in [4.78, 5) is 18.0. The van der Waals surface area contributed by atoms with Gasteiger partial charge in [0.05, 0.1) is 11.4 Å². The number of carbonyl (C=O) groups is 1. The molecule has 5 heteroatoms. The number of nitrogens with zero attached hydrogens (tertiary/aromatic N) is 2. The van der Waals surface area contributed by atoms with Crippen LogP contribution in [0.5, 0.6) is 0 Å². The standard InChI is InChI=1S/C27H22N4O/c32-27(28-21-14-6-2-7-15-21)26-29-24-19-11-10-18-23(24)25(20-12-4-1-5-13-20)31(30-26)22-16-8-3-9-17-22/h1-19,25H,(H,28,32)(H,29,30). The first-order valence-electron chi connectivity index (χ1n) is 10.5. The lowest BCUT2D eigenvalue weighted by molar-refractivity contribution is -0.110. The average Bonchev–Trinajstić information content (AvgIpc) is 3.03. The molecule has 0 spiro atoms. The summed E-state index contributed by atoms with van der Waals surface area (Å²) in [5.41, 5.74) is 7.82. The average molecular weight is 419 g/mol. The van der Waals surface area contributed by atoms with Crippen molar-refractivity contribution in [1.82, 2.24) is 5.43 Å². The van der Waals surface area contributed by atoms with Gasteiger partial charge in [0.25, 0.3) is 5.91 Å². The van der Waals surface area contributed by atoms with Crippen LogP contribution in [0.2, 0.25) is 0 Å². The Hall–Kier alpha value is -4.38. The number of aliphatic imine (C=N–C) groups is 1. The summed E-state index contributed by atoms with van der Waals surface area (Å²) in [6.45, 7) is 0. The number of benzene rings is 4. The maximum absolute atomic E-state index is 13.2. The molecule has 1 heterocycles. The Morgan fingerprint density at radius 1 is 0.750 bits per heavy atom. The van der Waals surface area contributed by atoms with Crippen molar-refractivity contribution in [3.8, 4) is 0 Å². The van der Waals surface area contributed by atoms with E-state index in [1.807, 2.05) is 102 Å². The molecule has 0 bridgehead atoms. The SMILES string of the molecule is O=C(Nc1ccccc1)C1=Nc2ccccc2C(c2ccccc2)N(c2ccccc2)N1. The van der Waals surface area contributed by atoms with Gasteiger partial charge in [-0.3, -0.25) is 15.2 Å². The Balaban J connectivity index is 1.62. The second kappa shape index (κ2) is 8.78. The van der Waals surface area contributed by atoms with Crippen molar-refractivity contribution in [3.63, 3.8) is 0 Å². The molecule has 32 heavy (non-hydrogen) atoms. The van der Waals surface area contributed by atoms with Crippen molar-refractivity contribution in [2.24, 2.45) is 4.99 Å². The molecule has 4 aromatic carbocycles. The fraction of sp³-hybridized carbons (Fsp3) is 0.0370. The highest BCUT2D eigenvalue weighted by atomic mass is 16.2. The highest BCUT2D eigenvalue weighted by Crippen LogP contribution is 2.38. The van der Waals surface area contributed by atoms with E-state index >= 15 is 0 Å². The summed E-state index contributed by atoms with van der Waals surface area (Å²) in [7, 11) is 0. The molecule has 0 aromatic heterocycles. The van der Waals surface area contributed by atoms with Crippen LogP contribution in [0.25, 0.3) is 0 Å². The highest BCUT2D eigenvalue weighted by molar-refractivity contribution is 6.42. The zero-order chi connectivity index (χ0) is 21.8. The van der Waals surface area contributed by atoms with E-state index in [0.29, 0.717) is 5.69 Å². The van der Waals surface area contributed by atoms with Crippen molar-refractivity contribution < 1.29 is 4.79 Å². The maximum Gasteiger partial charge on any atom is 0.292 e. The molecule has 5 rings (SSSR count). The third-order valence-electron chi connectivity index (χ3n) is 5.34. The van der Waals surface area contributed by atoms with Crippen LogP contribution in [0, 0.1) is 0 Å². The van der Waals surface area contributed by atoms with E-state index < -0.39 is 0 Å². The molecule has 1 aliphatic heterocycles. The molecule has 4 aromatic rings. The van der Waals surface area contributed by atoms with Crippen LogP contribution in [-0.2, 0) is 4.79 Å². The third-order valence-corrected chi connectivity index (χ3v) is 5.34. The largest absolute Gasteiger partial charge is 0.319 e. The van der Waals surface area contributed by atoms with Crippen LogP contribution in [0.4, 0.5) is 17.1 Å². The Morgan fingerprint density at radius 3 is 2.06 bits per heavy atom. The van der Waals surface area contributed by atoms with Crippen molar-refractivity contribution in [3.05, 3.63) is 126 Å². The summed E-state index contributed by atoms with van der Waals surface area (Å²) < 4.78 is 0. The number of amides is 1. The number of hydrogen-bond acceptors (Lipinski definition) is 4. The molecule has 5 nitrogen and oxygen atoms in total. The minimum Gasteiger partial charge on any atom is -0.319 e. The lowest BCUT2D eigenvalue weighted by Gasteiger charge is -2.33. The maximum atomic E-state index is 13.2. The van der Waals surface area contributed by atoms with Gasteiger partial charge in [0, 0.05) is 11.3 Å². The first-order chi connectivity index (χ1) is 15.8. The van der Waals surface area contributed by atoms with Crippen molar-refractivity contribution in [1.29, 1.82) is 0 Å². The number of hydrogen-bond donors (Lipinski definition) is 2. The second-order valence-electron chi connectivity index (χ2n) is 7.47. The predicted molar refractivity (Wildman–Crippen MR) is 129 cm³/mol. The Morgan fingerprint density at radius 2 is 1.34 bits per heavy atom. The Bertz CT molecular complexity index is 1240. The Labute approximate surface area is 187 Å². The smallest absolute Gasteiger partial charge is 0.292 e. The molecule has 1 amide bonds. The number of carbonyl (C=O) groups excluding carboxylic acids is 1. The number of nitrogens with one attached hydrogen (secondary N) is 2. The van der Waals surface area contributed by atoms with Crippen LogP contribution in [0.1, 0.15) is 17.2 Å². The van der Waals surface area contributed by atoms with Gasteiger partial charge >= 0.3 is 0 Å². The summed E-state index contributed by atoms with van der Waals surface area (Å²) in [6.07, 6.45) is 0. The van der Waals surface area contributed by atoms with Gasteiger partial charge in [-0.2, -0.15) is 0 Å². The van der Waals surface area contributed by atoms with E-state index in [0.717, 1.165) is 22.5 Å². The molecule has 1 unspecified atom stereocenters. The molecule has 0 saturated carbocycles. The normalized spacial score (nSPS) is 15.1. The molecule has 0 aliphatic carbocycles. The fourth-order valence-corrected chi connectivity index (χ4v) is 3.86. The van der Waals surface area contributed by atoms with Crippen molar-refractivity contribution >= 4 is 28.8 Å². The highest BCUT2D eigenvalue weighted by Gasteiger charge is 2.30. The number of amidine groups is 1. The van der Waals surface area contributed by atoms with E-state index in [-0.39, 0.29) is 17.8 Å². The lowest BCUT2D eigenvalue weighted by Crippen LogP contribution is -2.48. The predicted octanol–water partition coefficient (Wildman–Crippen LogP) is 5.47. The molecule has 156 valence electrons. The van der Waals surface area contributed by atoms with E-state index in [1.54, 1.807) is 0 Å². The quantitative estimate of drug-likeness (QED) is 0.462. The third kappa shape index (κ3) is 3.96. The number of anilines is 2. The summed E-state index contributed by atoms with van der Waals surface area (Å²) in [5.74, 6) is -0.0794. The van der Waals surface area contributed by atoms with E-state index in [9.17, 15) is 4.79 Å². The molecule has 1 atom stereocenters. The number of hydrazine groups is 1. The first-order valence-corrected chi connectivity index (χ1v) is 10.5. The molecule has 2 N–H and O–H groups in total. The fourth-order valence-electron chi connectivity index (χ4n) is 3.86. The van der Waals surface area contributed by atoms with E-state index in [2.05, 4.69) is 28.9 Å². The summed E-state index contributed by atoms with van der Waals surface area (Å²) >= 11 is 0. The minimum absolute atomic E-state index is 0.180. The molecule has 0 radical (unpaired) electrons. The van der Waals surface area contributed by atoms with E-state index in [1.165, 1.54) is 0 Å². The van der Waals surface area contributed by atoms with Gasteiger partial charge in [-0.15, -0.1) is 0 Å². The van der Waals surface area contributed by atoms with Crippen LogP contribution >= 0.6 is 0 Å². The van der Waals surface area contributed by atoms with Gasteiger partial charge in [-0.25, -0.2) is 4.99 Å². The van der Waals surface area contributed by atoms with Crippen LogP contribution in [-0.4, -0.2) is 11.7 Å². The van der Waals surface area contributed by atoms with Gasteiger partial charge in [0.1, 0.15) is 6.04 Å². The van der Waals surface area contributed by atoms with E-state index in [4.69, 9.17) is 4.99 Å². The molecule has 0 saturated heterocycles. The molecule has 1 aliphatic rings. The van der Waals surface area contributed by atoms with Gasteiger partial charge in [0.2, 0.25) is 5.84 Å². The summed E-state index contributed by atoms with van der Waals surface area (Å²) in [6, 6.07) is 37.4. The first kappa shape index (κ1) is 19.6. The van der Waals surface area contributed by atoms with Crippen molar-refractivity contribution in [2.45, 2.75) is 6.04 Å². The lowest BCUT2D eigenvalue weighted by atomic mass is 9.96. The summed E-state index contributed by atoms with van der Waals surface area (Å²) in [5, 5.41) is 4.94. The van der Waals surface area contributed by atoms with Gasteiger partial charge in [-0.05, 0) is 35.9 Å². The molecular formula is C27H22N4O. The molecular weight excluding hydrogens is 396 g/mol. The monoisotopic (exact) mass is 418 g/mol. The zero-order valence-corrected chi connectivity index (χ0v) is 17.3. The van der Waals surface area contributed by atoms with Crippen LogP contribution in [0.3, 0.4) is 0 Å². The number of para-hydroxylation sites is 3. The minimum atomic E-state index is -0.305. The van der Waals surface area contributed by atoms with Crippen LogP contribution < -0.4 is 15.8 Å². The Kier molecular flexibility index (Phi) is 5.37. The van der Waals surface area contributed by atoms with Gasteiger partial charge in [-0.1, -0.05) is 84.9 Å². The zero-order valence-electron chi connectivity index (χ0n) is 17.3. The van der Waals surface area contributed by atoms with Gasteiger partial charge < -0.3 is 5.32 Å². The van der Waals surface area contributed by atoms with Crippen LogP contribution in [0.15, 0.2) is 120 Å². The van der Waals surface area contributed by atoms with Gasteiger partial charge in [0.15, 0.2) is 0 Å². The van der Waals surface area contributed by atoms with Crippen molar-refractivity contribution in [2.75, 3.05) is 10.3 Å². The molecule has 0 fully saturated rings. The number of fused-ring (bicyclic) bond motifs is 1. The topological polar surface area (TPSA) is 56.7 Å².